The third kappa shape index (κ3) is 2.16. The van der Waals surface area contributed by atoms with Crippen molar-refractivity contribution in [2.75, 3.05) is 0 Å². The molecule has 3 rings (SSSR count). The molecule has 2 aromatic carbocycles. The summed E-state index contributed by atoms with van der Waals surface area (Å²) in [7, 11) is 0. The molecule has 0 radical (unpaired) electrons. The minimum absolute atomic E-state index is 1.08. The summed E-state index contributed by atoms with van der Waals surface area (Å²) in [5.41, 5.74) is 5.45. The summed E-state index contributed by atoms with van der Waals surface area (Å²) in [6, 6.07) is 17.4. The monoisotopic (exact) mass is 238 g/mol. The molecule has 0 aromatic heterocycles. The maximum absolute atomic E-state index is 2.30. The molecule has 1 heterocycles. The average Bonchev–Trinajstić information content (AvgIpc) is 2.39. The Bertz CT molecular complexity index is 564. The van der Waals surface area contributed by atoms with Gasteiger partial charge in [-0.3, -0.25) is 0 Å². The molecule has 17 heavy (non-hydrogen) atoms. The summed E-state index contributed by atoms with van der Waals surface area (Å²) < 4.78 is 0. The standard InChI is InChI=1S/C16H14S/c1-12-6-8-13(9-7-12)16-10-14-4-2-3-5-15(14)11-17-16/h2-10H,11H2,1H3. The van der Waals surface area contributed by atoms with Gasteiger partial charge in [0.15, 0.2) is 0 Å². The number of rotatable bonds is 1. The van der Waals surface area contributed by atoms with Gasteiger partial charge in [-0.2, -0.15) is 0 Å². The van der Waals surface area contributed by atoms with Crippen molar-refractivity contribution in [1.82, 2.24) is 0 Å². The predicted octanol–water partition coefficient (Wildman–Crippen LogP) is 4.74. The first-order valence-corrected chi connectivity index (χ1v) is 6.81. The lowest BCUT2D eigenvalue weighted by Gasteiger charge is -2.16. The number of thioether (sulfide) groups is 1. The zero-order valence-electron chi connectivity index (χ0n) is 9.81. The van der Waals surface area contributed by atoms with Gasteiger partial charge < -0.3 is 0 Å². The van der Waals surface area contributed by atoms with Crippen LogP contribution in [0.4, 0.5) is 0 Å². The molecule has 0 fully saturated rings. The van der Waals surface area contributed by atoms with Gasteiger partial charge >= 0.3 is 0 Å². The van der Waals surface area contributed by atoms with Crippen LogP contribution in [0, 0.1) is 6.92 Å². The lowest BCUT2D eigenvalue weighted by Crippen LogP contribution is -1.93. The van der Waals surface area contributed by atoms with E-state index in [2.05, 4.69) is 61.5 Å². The maximum Gasteiger partial charge on any atom is 0.0238 e. The molecule has 84 valence electrons. The fraction of sp³-hybridized carbons (Fsp3) is 0.125. The second kappa shape index (κ2) is 4.42. The molecule has 0 N–H and O–H groups in total. The van der Waals surface area contributed by atoms with Gasteiger partial charge in [-0.1, -0.05) is 54.1 Å². The number of fused-ring (bicyclic) bond motifs is 1. The second-order valence-corrected chi connectivity index (χ2v) is 5.38. The van der Waals surface area contributed by atoms with Crippen molar-refractivity contribution in [3.63, 3.8) is 0 Å². The molecular formula is C16H14S. The summed E-state index contributed by atoms with van der Waals surface area (Å²) >= 11 is 1.93. The third-order valence-electron chi connectivity index (χ3n) is 3.06. The minimum atomic E-state index is 1.08. The SMILES string of the molecule is Cc1ccc(C2=Cc3ccccc3CS2)cc1. The van der Waals surface area contributed by atoms with Gasteiger partial charge in [0, 0.05) is 10.7 Å². The van der Waals surface area contributed by atoms with Gasteiger partial charge in [0.05, 0.1) is 0 Å². The van der Waals surface area contributed by atoms with Crippen molar-refractivity contribution in [2.45, 2.75) is 12.7 Å². The Balaban J connectivity index is 2.01. The topological polar surface area (TPSA) is 0 Å². The Morgan fingerprint density at radius 1 is 0.941 bits per heavy atom. The van der Waals surface area contributed by atoms with Crippen LogP contribution in [0.1, 0.15) is 22.3 Å². The quantitative estimate of drug-likeness (QED) is 0.691. The van der Waals surface area contributed by atoms with E-state index in [1.54, 1.807) is 0 Å². The molecule has 0 saturated heterocycles. The Morgan fingerprint density at radius 3 is 2.53 bits per heavy atom. The van der Waals surface area contributed by atoms with Crippen molar-refractivity contribution in [3.05, 3.63) is 70.8 Å². The van der Waals surface area contributed by atoms with E-state index >= 15 is 0 Å². The summed E-state index contributed by atoms with van der Waals surface area (Å²) in [6.07, 6.45) is 2.30. The molecule has 0 spiro atoms. The first kappa shape index (κ1) is 10.7. The number of hydrogen-bond donors (Lipinski definition) is 0. The normalized spacial score (nSPS) is 14.1. The van der Waals surface area contributed by atoms with Gasteiger partial charge in [-0.15, -0.1) is 11.8 Å². The Morgan fingerprint density at radius 2 is 1.71 bits per heavy atom. The molecule has 2 aromatic rings. The van der Waals surface area contributed by atoms with Crippen molar-refractivity contribution >= 4 is 22.7 Å². The number of hydrogen-bond acceptors (Lipinski definition) is 1. The second-order valence-electron chi connectivity index (χ2n) is 4.36. The maximum atomic E-state index is 2.30. The molecule has 0 bridgehead atoms. The Labute approximate surface area is 106 Å². The van der Waals surface area contributed by atoms with Gasteiger partial charge in [0.2, 0.25) is 0 Å². The highest BCUT2D eigenvalue weighted by Gasteiger charge is 2.11. The molecule has 1 aliphatic rings. The smallest absolute Gasteiger partial charge is 0.0238 e. The number of aryl methyl sites for hydroxylation is 1. The molecule has 1 heteroatoms. The lowest BCUT2D eigenvalue weighted by molar-refractivity contribution is 1.39. The summed E-state index contributed by atoms with van der Waals surface area (Å²) in [4.78, 5) is 1.38. The van der Waals surface area contributed by atoms with Crippen LogP contribution in [0.5, 0.6) is 0 Å². The highest BCUT2D eigenvalue weighted by Crippen LogP contribution is 2.37. The van der Waals surface area contributed by atoms with Crippen molar-refractivity contribution in [1.29, 1.82) is 0 Å². The fourth-order valence-corrected chi connectivity index (χ4v) is 3.12. The molecule has 0 atom stereocenters. The van der Waals surface area contributed by atoms with Crippen molar-refractivity contribution in [2.24, 2.45) is 0 Å². The molecule has 0 amide bonds. The summed E-state index contributed by atoms with van der Waals surface area (Å²) in [5, 5.41) is 0. The molecule has 0 saturated carbocycles. The van der Waals surface area contributed by atoms with E-state index in [-0.39, 0.29) is 0 Å². The van der Waals surface area contributed by atoms with Crippen molar-refractivity contribution in [3.8, 4) is 0 Å². The van der Waals surface area contributed by atoms with Gasteiger partial charge in [0.1, 0.15) is 0 Å². The van der Waals surface area contributed by atoms with Crippen LogP contribution in [-0.4, -0.2) is 0 Å². The van der Waals surface area contributed by atoms with E-state index in [4.69, 9.17) is 0 Å². The van der Waals surface area contributed by atoms with E-state index in [1.807, 2.05) is 11.8 Å². The Hall–Kier alpha value is -1.47. The van der Waals surface area contributed by atoms with Gasteiger partial charge in [0.25, 0.3) is 0 Å². The Kier molecular flexibility index (Phi) is 2.77. The van der Waals surface area contributed by atoms with E-state index in [0.717, 1.165) is 5.75 Å². The van der Waals surface area contributed by atoms with E-state index in [9.17, 15) is 0 Å². The van der Waals surface area contributed by atoms with Crippen LogP contribution in [0.25, 0.3) is 11.0 Å². The largest absolute Gasteiger partial charge is 0.121 e. The van der Waals surface area contributed by atoms with Crippen LogP contribution >= 0.6 is 11.8 Å². The molecule has 0 aliphatic carbocycles. The first-order valence-electron chi connectivity index (χ1n) is 5.82. The number of benzene rings is 2. The van der Waals surface area contributed by atoms with Crippen LogP contribution in [0.15, 0.2) is 48.5 Å². The van der Waals surface area contributed by atoms with Crippen LogP contribution in [0.3, 0.4) is 0 Å². The summed E-state index contributed by atoms with van der Waals surface area (Å²) in [6.45, 7) is 2.13. The van der Waals surface area contributed by atoms with E-state index in [0.29, 0.717) is 0 Å². The fourth-order valence-electron chi connectivity index (χ4n) is 2.03. The van der Waals surface area contributed by atoms with Gasteiger partial charge in [-0.25, -0.2) is 0 Å². The third-order valence-corrected chi connectivity index (χ3v) is 4.18. The summed E-state index contributed by atoms with van der Waals surface area (Å²) in [5.74, 6) is 1.08. The highest BCUT2D eigenvalue weighted by molar-refractivity contribution is 8.07. The lowest BCUT2D eigenvalue weighted by atomic mass is 10.1. The predicted molar refractivity (Wildman–Crippen MR) is 76.8 cm³/mol. The molecular weight excluding hydrogens is 224 g/mol. The molecule has 0 nitrogen and oxygen atoms in total. The van der Waals surface area contributed by atoms with Crippen LogP contribution in [-0.2, 0) is 5.75 Å². The zero-order valence-corrected chi connectivity index (χ0v) is 10.6. The highest BCUT2D eigenvalue weighted by atomic mass is 32.2. The minimum Gasteiger partial charge on any atom is -0.121 e. The average molecular weight is 238 g/mol. The first-order chi connectivity index (χ1) is 8.33. The van der Waals surface area contributed by atoms with Crippen LogP contribution < -0.4 is 0 Å². The van der Waals surface area contributed by atoms with Crippen LogP contribution in [0.2, 0.25) is 0 Å². The van der Waals surface area contributed by atoms with E-state index in [1.165, 1.54) is 27.2 Å². The van der Waals surface area contributed by atoms with E-state index < -0.39 is 0 Å². The molecule has 0 unspecified atom stereocenters. The van der Waals surface area contributed by atoms with Crippen molar-refractivity contribution < 1.29 is 0 Å². The van der Waals surface area contributed by atoms with Gasteiger partial charge in [-0.05, 0) is 29.7 Å². The molecule has 1 aliphatic heterocycles. The zero-order chi connectivity index (χ0) is 11.7.